The third-order valence-corrected chi connectivity index (χ3v) is 3.45. The molecule has 0 amide bonds. The highest BCUT2D eigenvalue weighted by atomic mass is 15.2. The molecule has 0 bridgehead atoms. The van der Waals surface area contributed by atoms with Gasteiger partial charge < -0.3 is 10.2 Å². The Morgan fingerprint density at radius 1 is 1.05 bits per heavy atom. The quantitative estimate of drug-likeness (QED) is 0.845. The van der Waals surface area contributed by atoms with Crippen molar-refractivity contribution in [3.05, 3.63) is 59.8 Å². The molecule has 0 fully saturated rings. The molecule has 0 saturated heterocycles. The highest BCUT2D eigenvalue weighted by Crippen LogP contribution is 2.11. The molecule has 0 radical (unpaired) electrons. The van der Waals surface area contributed by atoms with Crippen molar-refractivity contribution in [3.63, 3.8) is 0 Å². The largest absolute Gasteiger partial charge is 0.359 e. The van der Waals surface area contributed by atoms with E-state index in [4.69, 9.17) is 4.98 Å². The van der Waals surface area contributed by atoms with Crippen LogP contribution in [0.25, 0.3) is 0 Å². The fraction of sp³-hybridized carbons (Fsp3) is 0.389. The maximum absolute atomic E-state index is 4.72. The number of nitrogens with zero attached hydrogens (tertiary/aromatic N) is 2. The summed E-state index contributed by atoms with van der Waals surface area (Å²) in [7, 11) is 2.10. The molecule has 2 rings (SSSR count). The van der Waals surface area contributed by atoms with Crippen molar-refractivity contribution < 1.29 is 0 Å². The van der Waals surface area contributed by atoms with Gasteiger partial charge in [-0.25, -0.2) is 4.98 Å². The van der Waals surface area contributed by atoms with Crippen molar-refractivity contribution in [1.82, 2.24) is 10.3 Å². The summed E-state index contributed by atoms with van der Waals surface area (Å²) in [4.78, 5) is 6.93. The second kappa shape index (κ2) is 7.79. The van der Waals surface area contributed by atoms with Crippen molar-refractivity contribution in [2.24, 2.45) is 0 Å². The van der Waals surface area contributed by atoms with Gasteiger partial charge in [0.25, 0.3) is 0 Å². The Bertz CT molecular complexity index is 537. The Labute approximate surface area is 128 Å². The van der Waals surface area contributed by atoms with Crippen molar-refractivity contribution in [2.75, 3.05) is 18.5 Å². The molecule has 0 saturated carbocycles. The number of hydrogen-bond acceptors (Lipinski definition) is 3. The lowest BCUT2D eigenvalue weighted by molar-refractivity contribution is 0.581. The van der Waals surface area contributed by atoms with Gasteiger partial charge in [0.15, 0.2) is 0 Å². The lowest BCUT2D eigenvalue weighted by Gasteiger charge is -2.19. The minimum absolute atomic E-state index is 0.478. The van der Waals surface area contributed by atoms with Crippen LogP contribution < -0.4 is 10.2 Å². The summed E-state index contributed by atoms with van der Waals surface area (Å²) in [5.74, 6) is 1.04. The molecule has 112 valence electrons. The number of benzene rings is 1. The zero-order valence-electron chi connectivity index (χ0n) is 13.2. The van der Waals surface area contributed by atoms with Crippen LogP contribution in [0.4, 0.5) is 5.82 Å². The van der Waals surface area contributed by atoms with Gasteiger partial charge in [-0.05, 0) is 24.1 Å². The second-order valence-corrected chi connectivity index (χ2v) is 5.68. The Balaban J connectivity index is 1.92. The summed E-state index contributed by atoms with van der Waals surface area (Å²) in [6, 6.07) is 17.3. The number of nitrogens with one attached hydrogen (secondary N) is 1. The zero-order chi connectivity index (χ0) is 15.1. The maximum atomic E-state index is 4.72. The maximum Gasteiger partial charge on any atom is 0.128 e. The summed E-state index contributed by atoms with van der Waals surface area (Å²) in [6.07, 6.45) is 1.04. The lowest BCUT2D eigenvalue weighted by Crippen LogP contribution is -2.24. The number of likely N-dealkylation sites (N-methyl/N-ethyl adjacent to an activating group) is 1. The molecule has 1 aromatic heterocycles. The van der Waals surface area contributed by atoms with Crippen molar-refractivity contribution in [2.45, 2.75) is 32.9 Å². The second-order valence-electron chi connectivity index (χ2n) is 5.68. The fourth-order valence-electron chi connectivity index (χ4n) is 2.14. The summed E-state index contributed by atoms with van der Waals surface area (Å²) >= 11 is 0. The Kier molecular flexibility index (Phi) is 5.76. The number of anilines is 1. The van der Waals surface area contributed by atoms with Crippen LogP contribution in [0.15, 0.2) is 48.5 Å². The van der Waals surface area contributed by atoms with Crippen molar-refractivity contribution in [1.29, 1.82) is 0 Å². The van der Waals surface area contributed by atoms with E-state index in [1.54, 1.807) is 0 Å². The van der Waals surface area contributed by atoms with E-state index >= 15 is 0 Å². The third-order valence-electron chi connectivity index (χ3n) is 3.45. The molecule has 1 N–H and O–H groups in total. The van der Waals surface area contributed by atoms with E-state index in [-0.39, 0.29) is 0 Å². The van der Waals surface area contributed by atoms with Crippen LogP contribution in [-0.4, -0.2) is 24.6 Å². The van der Waals surface area contributed by atoms with Gasteiger partial charge in [-0.15, -0.1) is 0 Å². The smallest absolute Gasteiger partial charge is 0.128 e. The van der Waals surface area contributed by atoms with E-state index in [1.807, 2.05) is 0 Å². The summed E-state index contributed by atoms with van der Waals surface area (Å²) < 4.78 is 0. The summed E-state index contributed by atoms with van der Waals surface area (Å²) in [6.45, 7) is 6.09. The van der Waals surface area contributed by atoms with Gasteiger partial charge in [-0.1, -0.05) is 50.2 Å². The predicted octanol–water partition coefficient (Wildman–Crippen LogP) is 3.26. The van der Waals surface area contributed by atoms with Crippen LogP contribution >= 0.6 is 0 Å². The molecule has 3 heteroatoms. The predicted molar refractivity (Wildman–Crippen MR) is 89.6 cm³/mol. The van der Waals surface area contributed by atoms with Crippen LogP contribution in [0.1, 0.15) is 25.1 Å². The molecular weight excluding hydrogens is 258 g/mol. The molecule has 21 heavy (non-hydrogen) atoms. The van der Waals surface area contributed by atoms with Crippen LogP contribution in [0, 0.1) is 0 Å². The normalized spacial score (nSPS) is 10.9. The van der Waals surface area contributed by atoms with E-state index < -0.39 is 0 Å². The Hall–Kier alpha value is -1.87. The van der Waals surface area contributed by atoms with E-state index in [9.17, 15) is 0 Å². The average molecular weight is 283 g/mol. The van der Waals surface area contributed by atoms with Gasteiger partial charge in [-0.3, -0.25) is 0 Å². The van der Waals surface area contributed by atoms with E-state index in [0.29, 0.717) is 6.04 Å². The summed E-state index contributed by atoms with van der Waals surface area (Å²) in [5, 5.41) is 3.40. The highest BCUT2D eigenvalue weighted by molar-refractivity contribution is 5.38. The van der Waals surface area contributed by atoms with Crippen LogP contribution in [0.2, 0.25) is 0 Å². The van der Waals surface area contributed by atoms with Gasteiger partial charge in [0, 0.05) is 26.2 Å². The SMILES string of the molecule is CC(C)NCc1cccc(N(C)CCc2ccccc2)n1. The van der Waals surface area contributed by atoms with E-state index in [1.165, 1.54) is 5.56 Å². The standard InChI is InChI=1S/C18H25N3/c1-15(2)19-14-17-10-7-11-18(20-17)21(3)13-12-16-8-5-4-6-9-16/h4-11,15,19H,12-14H2,1-3H3. The lowest BCUT2D eigenvalue weighted by atomic mass is 10.1. The third kappa shape index (κ3) is 5.20. The van der Waals surface area contributed by atoms with Gasteiger partial charge in [0.05, 0.1) is 5.69 Å². The van der Waals surface area contributed by atoms with Crippen LogP contribution in [0.3, 0.4) is 0 Å². The minimum atomic E-state index is 0.478. The minimum Gasteiger partial charge on any atom is -0.359 e. The van der Waals surface area contributed by atoms with Gasteiger partial charge in [0.1, 0.15) is 5.82 Å². The number of aromatic nitrogens is 1. The number of rotatable bonds is 7. The topological polar surface area (TPSA) is 28.2 Å². The first-order chi connectivity index (χ1) is 10.1. The average Bonchev–Trinajstić information content (AvgIpc) is 2.52. The highest BCUT2D eigenvalue weighted by Gasteiger charge is 2.04. The number of pyridine rings is 1. The number of hydrogen-bond donors (Lipinski definition) is 1. The molecule has 0 aliphatic rings. The molecule has 2 aromatic rings. The first-order valence-electron chi connectivity index (χ1n) is 7.59. The monoisotopic (exact) mass is 283 g/mol. The van der Waals surface area contributed by atoms with Gasteiger partial charge >= 0.3 is 0 Å². The molecule has 1 aromatic carbocycles. The Morgan fingerprint density at radius 3 is 2.52 bits per heavy atom. The molecular formula is C18H25N3. The van der Waals surface area contributed by atoms with E-state index in [0.717, 1.165) is 31.0 Å². The first-order valence-corrected chi connectivity index (χ1v) is 7.59. The van der Waals surface area contributed by atoms with E-state index in [2.05, 4.69) is 79.6 Å². The molecule has 3 nitrogen and oxygen atoms in total. The van der Waals surface area contributed by atoms with Gasteiger partial charge in [-0.2, -0.15) is 0 Å². The van der Waals surface area contributed by atoms with Gasteiger partial charge in [0.2, 0.25) is 0 Å². The van der Waals surface area contributed by atoms with Crippen molar-refractivity contribution in [3.8, 4) is 0 Å². The first kappa shape index (κ1) is 15.5. The van der Waals surface area contributed by atoms with Crippen LogP contribution in [-0.2, 0) is 13.0 Å². The molecule has 0 unspecified atom stereocenters. The Morgan fingerprint density at radius 2 is 1.81 bits per heavy atom. The fourth-order valence-corrected chi connectivity index (χ4v) is 2.14. The summed E-state index contributed by atoms with van der Waals surface area (Å²) in [5.41, 5.74) is 2.45. The molecule has 0 atom stereocenters. The molecule has 0 spiro atoms. The van der Waals surface area contributed by atoms with Crippen molar-refractivity contribution >= 4 is 5.82 Å². The zero-order valence-corrected chi connectivity index (χ0v) is 13.2. The molecule has 1 heterocycles. The molecule has 0 aliphatic heterocycles. The molecule has 0 aliphatic carbocycles. The van der Waals surface area contributed by atoms with Crippen LogP contribution in [0.5, 0.6) is 0 Å².